The summed E-state index contributed by atoms with van der Waals surface area (Å²) in [6, 6.07) is 18.9. The standard InChI is InChI=1S/C23H14F4/c1-13-2-4-14(5-3-13)15-6-8-16(9-7-15)17-10-18-12-20(25)22(26)23(27)21(18)19(24)11-17/h2-12H,1H3. The van der Waals surface area contributed by atoms with Crippen LogP contribution in [0.15, 0.2) is 66.7 Å². The Morgan fingerprint density at radius 2 is 1.04 bits per heavy atom. The molecule has 27 heavy (non-hydrogen) atoms. The smallest absolute Gasteiger partial charge is 0.195 e. The van der Waals surface area contributed by atoms with Gasteiger partial charge in [-0.2, -0.15) is 0 Å². The van der Waals surface area contributed by atoms with Gasteiger partial charge in [-0.15, -0.1) is 0 Å². The molecule has 0 aliphatic rings. The Kier molecular flexibility index (Phi) is 4.19. The third kappa shape index (κ3) is 3.08. The monoisotopic (exact) mass is 366 g/mol. The highest BCUT2D eigenvalue weighted by molar-refractivity contribution is 5.89. The number of aryl methyl sites for hydroxylation is 1. The van der Waals surface area contributed by atoms with E-state index < -0.39 is 28.7 Å². The molecule has 0 aliphatic heterocycles. The molecule has 0 heterocycles. The fourth-order valence-corrected chi connectivity index (χ4v) is 3.16. The highest BCUT2D eigenvalue weighted by Crippen LogP contribution is 2.32. The summed E-state index contributed by atoms with van der Waals surface area (Å²) >= 11 is 0. The minimum atomic E-state index is -1.67. The van der Waals surface area contributed by atoms with E-state index in [-0.39, 0.29) is 5.39 Å². The van der Waals surface area contributed by atoms with Crippen LogP contribution >= 0.6 is 0 Å². The molecule has 4 aromatic rings. The van der Waals surface area contributed by atoms with Crippen molar-refractivity contribution < 1.29 is 17.6 Å². The van der Waals surface area contributed by atoms with Gasteiger partial charge in [0.05, 0.1) is 5.39 Å². The highest BCUT2D eigenvalue weighted by atomic mass is 19.2. The van der Waals surface area contributed by atoms with Crippen molar-refractivity contribution in [2.75, 3.05) is 0 Å². The van der Waals surface area contributed by atoms with Gasteiger partial charge in [0, 0.05) is 0 Å². The summed E-state index contributed by atoms with van der Waals surface area (Å²) < 4.78 is 55.1. The third-order valence-corrected chi connectivity index (χ3v) is 4.63. The Hall–Kier alpha value is -3.14. The maximum absolute atomic E-state index is 14.4. The van der Waals surface area contributed by atoms with E-state index in [4.69, 9.17) is 0 Å². The van der Waals surface area contributed by atoms with E-state index >= 15 is 0 Å². The van der Waals surface area contributed by atoms with Gasteiger partial charge in [-0.05, 0) is 52.8 Å². The van der Waals surface area contributed by atoms with Crippen molar-refractivity contribution in [2.45, 2.75) is 6.92 Å². The van der Waals surface area contributed by atoms with Crippen molar-refractivity contribution in [3.05, 3.63) is 95.6 Å². The van der Waals surface area contributed by atoms with E-state index in [1.54, 1.807) is 0 Å². The van der Waals surface area contributed by atoms with Crippen LogP contribution in [0.25, 0.3) is 33.0 Å². The summed E-state index contributed by atoms with van der Waals surface area (Å²) in [5.74, 6) is -5.45. The second-order valence-electron chi connectivity index (χ2n) is 6.49. The summed E-state index contributed by atoms with van der Waals surface area (Å²) in [6.45, 7) is 2.01. The number of hydrogen-bond donors (Lipinski definition) is 0. The van der Waals surface area contributed by atoms with Gasteiger partial charge in [-0.1, -0.05) is 54.1 Å². The molecule has 0 atom stereocenters. The maximum Gasteiger partial charge on any atom is 0.195 e. The predicted molar refractivity (Wildman–Crippen MR) is 99.4 cm³/mol. The maximum atomic E-state index is 14.4. The quantitative estimate of drug-likeness (QED) is 0.264. The molecule has 0 fully saturated rings. The number of halogens is 4. The zero-order valence-electron chi connectivity index (χ0n) is 14.4. The van der Waals surface area contributed by atoms with E-state index in [0.717, 1.165) is 28.8 Å². The van der Waals surface area contributed by atoms with Gasteiger partial charge in [-0.25, -0.2) is 17.6 Å². The van der Waals surface area contributed by atoms with Crippen molar-refractivity contribution >= 4 is 10.8 Å². The van der Waals surface area contributed by atoms with Crippen molar-refractivity contribution in [1.29, 1.82) is 0 Å². The second kappa shape index (κ2) is 6.54. The molecule has 0 radical (unpaired) electrons. The molecule has 0 spiro atoms. The van der Waals surface area contributed by atoms with E-state index in [9.17, 15) is 17.6 Å². The normalized spacial score (nSPS) is 11.1. The molecule has 0 bridgehead atoms. The topological polar surface area (TPSA) is 0 Å². The Labute approximate surface area is 153 Å². The lowest BCUT2D eigenvalue weighted by molar-refractivity contribution is 0.451. The van der Waals surface area contributed by atoms with Gasteiger partial charge in [0.2, 0.25) is 0 Å². The van der Waals surface area contributed by atoms with Crippen LogP contribution in [-0.2, 0) is 0 Å². The Morgan fingerprint density at radius 1 is 0.519 bits per heavy atom. The fraction of sp³-hybridized carbons (Fsp3) is 0.0435. The fourth-order valence-electron chi connectivity index (χ4n) is 3.16. The second-order valence-corrected chi connectivity index (χ2v) is 6.49. The predicted octanol–water partition coefficient (Wildman–Crippen LogP) is 7.04. The van der Waals surface area contributed by atoms with E-state index in [2.05, 4.69) is 0 Å². The molecule has 4 heteroatoms. The number of rotatable bonds is 2. The zero-order chi connectivity index (χ0) is 19.1. The average Bonchev–Trinajstić information content (AvgIpc) is 2.66. The molecule has 4 aromatic carbocycles. The first-order valence-corrected chi connectivity index (χ1v) is 8.38. The molecule has 134 valence electrons. The Balaban J connectivity index is 1.78. The van der Waals surface area contributed by atoms with Gasteiger partial charge < -0.3 is 0 Å². The van der Waals surface area contributed by atoms with Crippen LogP contribution < -0.4 is 0 Å². The summed E-state index contributed by atoms with van der Waals surface area (Å²) in [6.07, 6.45) is 0. The van der Waals surface area contributed by atoms with Crippen molar-refractivity contribution in [1.82, 2.24) is 0 Å². The van der Waals surface area contributed by atoms with Crippen LogP contribution in [0.4, 0.5) is 17.6 Å². The molecular weight excluding hydrogens is 352 g/mol. The van der Waals surface area contributed by atoms with Crippen LogP contribution in [0.5, 0.6) is 0 Å². The first-order valence-electron chi connectivity index (χ1n) is 8.38. The minimum Gasteiger partial charge on any atom is -0.206 e. The summed E-state index contributed by atoms with van der Waals surface area (Å²) in [5.41, 5.74) is 4.37. The van der Waals surface area contributed by atoms with Gasteiger partial charge in [-0.3, -0.25) is 0 Å². The summed E-state index contributed by atoms with van der Waals surface area (Å²) in [5, 5.41) is -0.571. The molecule has 0 saturated heterocycles. The molecule has 0 amide bonds. The average molecular weight is 366 g/mol. The minimum absolute atomic E-state index is 0.0241. The molecule has 0 nitrogen and oxygen atoms in total. The molecule has 0 N–H and O–H groups in total. The highest BCUT2D eigenvalue weighted by Gasteiger charge is 2.17. The lowest BCUT2D eigenvalue weighted by Crippen LogP contribution is -1.95. The number of hydrogen-bond acceptors (Lipinski definition) is 0. The van der Waals surface area contributed by atoms with E-state index in [1.165, 1.54) is 6.07 Å². The van der Waals surface area contributed by atoms with E-state index in [1.807, 2.05) is 55.5 Å². The number of benzene rings is 4. The van der Waals surface area contributed by atoms with Crippen LogP contribution in [0.2, 0.25) is 0 Å². The molecule has 4 rings (SSSR count). The van der Waals surface area contributed by atoms with Crippen molar-refractivity contribution in [3.8, 4) is 22.3 Å². The first-order chi connectivity index (χ1) is 12.9. The molecule has 0 aliphatic carbocycles. The zero-order valence-corrected chi connectivity index (χ0v) is 14.4. The third-order valence-electron chi connectivity index (χ3n) is 4.63. The van der Waals surface area contributed by atoms with Crippen LogP contribution in [0.3, 0.4) is 0 Å². The molecule has 0 unspecified atom stereocenters. The van der Waals surface area contributed by atoms with Crippen molar-refractivity contribution in [2.24, 2.45) is 0 Å². The molecule has 0 aromatic heterocycles. The number of fused-ring (bicyclic) bond motifs is 1. The Morgan fingerprint density at radius 3 is 1.63 bits per heavy atom. The summed E-state index contributed by atoms with van der Waals surface area (Å²) in [4.78, 5) is 0. The lowest BCUT2D eigenvalue weighted by atomic mass is 9.97. The van der Waals surface area contributed by atoms with Gasteiger partial charge >= 0.3 is 0 Å². The van der Waals surface area contributed by atoms with Gasteiger partial charge in [0.1, 0.15) is 5.82 Å². The SMILES string of the molecule is Cc1ccc(-c2ccc(-c3cc(F)c4c(F)c(F)c(F)cc4c3)cc2)cc1. The van der Waals surface area contributed by atoms with Gasteiger partial charge in [0.25, 0.3) is 0 Å². The van der Waals surface area contributed by atoms with E-state index in [0.29, 0.717) is 11.1 Å². The van der Waals surface area contributed by atoms with Crippen LogP contribution in [0, 0.1) is 30.2 Å². The van der Waals surface area contributed by atoms with Crippen molar-refractivity contribution in [3.63, 3.8) is 0 Å². The lowest BCUT2D eigenvalue weighted by Gasteiger charge is -2.09. The van der Waals surface area contributed by atoms with Crippen LogP contribution in [0.1, 0.15) is 5.56 Å². The largest absolute Gasteiger partial charge is 0.206 e. The molecule has 0 saturated carbocycles. The first kappa shape index (κ1) is 17.3. The van der Waals surface area contributed by atoms with Crippen LogP contribution in [-0.4, -0.2) is 0 Å². The summed E-state index contributed by atoms with van der Waals surface area (Å²) in [7, 11) is 0. The molecular formula is C23H14F4. The Bertz CT molecular complexity index is 1140. The van der Waals surface area contributed by atoms with Gasteiger partial charge in [0.15, 0.2) is 17.5 Å².